The van der Waals surface area contributed by atoms with Gasteiger partial charge in [0.25, 0.3) is 0 Å². The number of carbonyl (C=O) groups excluding carboxylic acids is 1. The van der Waals surface area contributed by atoms with Gasteiger partial charge in [-0.3, -0.25) is 0 Å². The molecule has 1 heterocycles. The lowest BCUT2D eigenvalue weighted by atomic mass is 9.63. The first-order valence-corrected chi connectivity index (χ1v) is 7.82. The Kier molecular flexibility index (Phi) is 3.70. The molecule has 3 fully saturated rings. The maximum atomic E-state index is 11.5. The summed E-state index contributed by atoms with van der Waals surface area (Å²) in [5.74, 6) is 0. The molecular weight excluding hydrogens is 240 g/mol. The maximum Gasteiger partial charge on any atom is 0.409 e. The van der Waals surface area contributed by atoms with Gasteiger partial charge in [0.15, 0.2) is 0 Å². The van der Waals surface area contributed by atoms with Crippen molar-refractivity contribution >= 4 is 6.09 Å². The lowest BCUT2D eigenvalue weighted by Gasteiger charge is -2.50. The average molecular weight is 266 g/mol. The zero-order valence-electron chi connectivity index (χ0n) is 12.0. The van der Waals surface area contributed by atoms with Crippen LogP contribution in [0.25, 0.3) is 0 Å². The second-order valence-corrected chi connectivity index (χ2v) is 6.56. The minimum absolute atomic E-state index is 0.172. The number of ether oxygens (including phenoxy) is 1. The first-order chi connectivity index (χ1) is 9.23. The van der Waals surface area contributed by atoms with Gasteiger partial charge in [-0.15, -0.1) is 0 Å². The fourth-order valence-corrected chi connectivity index (χ4v) is 4.28. The van der Waals surface area contributed by atoms with E-state index in [1.807, 2.05) is 4.90 Å². The molecule has 1 aliphatic heterocycles. The van der Waals surface area contributed by atoms with E-state index in [9.17, 15) is 4.79 Å². The predicted octanol–water partition coefficient (Wildman–Crippen LogP) is 2.53. The van der Waals surface area contributed by atoms with Crippen molar-refractivity contribution in [1.29, 1.82) is 0 Å². The van der Waals surface area contributed by atoms with Crippen molar-refractivity contribution in [3.63, 3.8) is 0 Å². The molecule has 2 saturated carbocycles. The summed E-state index contributed by atoms with van der Waals surface area (Å²) in [6, 6.07) is 1.35. The van der Waals surface area contributed by atoms with Crippen LogP contribution in [0.15, 0.2) is 0 Å². The molecule has 1 spiro atoms. The molecule has 1 amide bonds. The molecule has 0 bridgehead atoms. The summed E-state index contributed by atoms with van der Waals surface area (Å²) in [5, 5.41) is 3.89. The largest absolute Gasteiger partial charge is 0.453 e. The molecule has 0 aromatic heterocycles. The maximum absolute atomic E-state index is 11.5. The summed E-state index contributed by atoms with van der Waals surface area (Å²) in [5.41, 5.74) is 0.652. The molecule has 0 aromatic rings. The van der Waals surface area contributed by atoms with Crippen molar-refractivity contribution in [1.82, 2.24) is 10.2 Å². The standard InChI is InChI=1S/C15H26N2O2/c1-19-14(18)17-10-5-12(6-11-17)16-13-4-9-15(13)7-2-3-8-15/h12-13,16H,2-11H2,1H3/t13-/m1/s1. The first kappa shape index (κ1) is 13.2. The number of rotatable bonds is 2. The summed E-state index contributed by atoms with van der Waals surface area (Å²) in [7, 11) is 1.46. The Bertz CT molecular complexity index is 331. The van der Waals surface area contributed by atoms with Gasteiger partial charge in [0.05, 0.1) is 7.11 Å². The van der Waals surface area contributed by atoms with Gasteiger partial charge >= 0.3 is 6.09 Å². The van der Waals surface area contributed by atoms with Gasteiger partial charge in [-0.25, -0.2) is 4.79 Å². The van der Waals surface area contributed by atoms with Crippen molar-refractivity contribution in [2.45, 2.75) is 63.5 Å². The van der Waals surface area contributed by atoms with Crippen LogP contribution in [-0.4, -0.2) is 43.3 Å². The van der Waals surface area contributed by atoms with E-state index in [2.05, 4.69) is 5.32 Å². The summed E-state index contributed by atoms with van der Waals surface area (Å²) in [6.45, 7) is 1.67. The van der Waals surface area contributed by atoms with E-state index < -0.39 is 0 Å². The van der Waals surface area contributed by atoms with E-state index >= 15 is 0 Å². The molecule has 19 heavy (non-hydrogen) atoms. The van der Waals surface area contributed by atoms with Crippen LogP contribution in [0, 0.1) is 5.41 Å². The Morgan fingerprint density at radius 2 is 1.84 bits per heavy atom. The number of nitrogens with one attached hydrogen (secondary N) is 1. The van der Waals surface area contributed by atoms with Gasteiger partial charge in [-0.05, 0) is 43.9 Å². The lowest BCUT2D eigenvalue weighted by Crippen LogP contribution is -2.57. The van der Waals surface area contributed by atoms with Gasteiger partial charge in [-0.1, -0.05) is 12.8 Å². The summed E-state index contributed by atoms with van der Waals surface area (Å²) >= 11 is 0. The van der Waals surface area contributed by atoms with Crippen LogP contribution in [0.1, 0.15) is 51.4 Å². The molecule has 0 unspecified atom stereocenters. The molecule has 4 nitrogen and oxygen atoms in total. The fourth-order valence-electron chi connectivity index (χ4n) is 4.28. The summed E-state index contributed by atoms with van der Waals surface area (Å²) in [6.07, 6.45) is 10.5. The normalized spacial score (nSPS) is 30.4. The van der Waals surface area contributed by atoms with Crippen LogP contribution in [-0.2, 0) is 4.74 Å². The second-order valence-electron chi connectivity index (χ2n) is 6.56. The number of piperidine rings is 1. The van der Waals surface area contributed by atoms with Crippen LogP contribution in [0.2, 0.25) is 0 Å². The molecular formula is C15H26N2O2. The van der Waals surface area contributed by atoms with Crippen molar-refractivity contribution in [3.05, 3.63) is 0 Å². The number of likely N-dealkylation sites (tertiary alicyclic amines) is 1. The number of hydrogen-bond donors (Lipinski definition) is 1. The quantitative estimate of drug-likeness (QED) is 0.835. The number of nitrogens with zero attached hydrogens (tertiary/aromatic N) is 1. The zero-order valence-corrected chi connectivity index (χ0v) is 12.0. The minimum Gasteiger partial charge on any atom is -0.453 e. The van der Waals surface area contributed by atoms with Crippen LogP contribution >= 0.6 is 0 Å². The molecule has 3 rings (SSSR count). The molecule has 3 aliphatic rings. The Balaban J connectivity index is 1.46. The van der Waals surface area contributed by atoms with Gasteiger partial charge in [0.2, 0.25) is 0 Å². The topological polar surface area (TPSA) is 41.6 Å². The van der Waals surface area contributed by atoms with Crippen molar-refractivity contribution < 1.29 is 9.53 Å². The first-order valence-electron chi connectivity index (χ1n) is 7.82. The van der Waals surface area contributed by atoms with Gasteiger partial charge in [0, 0.05) is 25.2 Å². The Labute approximate surface area is 115 Å². The highest BCUT2D eigenvalue weighted by Crippen LogP contribution is 2.53. The molecule has 1 saturated heterocycles. The molecule has 108 valence electrons. The predicted molar refractivity (Wildman–Crippen MR) is 74.1 cm³/mol. The number of amides is 1. The van der Waals surface area contributed by atoms with Gasteiger partial charge < -0.3 is 15.0 Å². The third-order valence-electron chi connectivity index (χ3n) is 5.63. The SMILES string of the molecule is COC(=O)N1CCC(N[C@@H]2CCC23CCCC3)CC1. The minimum atomic E-state index is -0.172. The molecule has 2 aliphatic carbocycles. The molecule has 1 N–H and O–H groups in total. The Hall–Kier alpha value is -0.770. The molecule has 1 atom stereocenters. The van der Waals surface area contributed by atoms with Crippen molar-refractivity contribution in [2.75, 3.05) is 20.2 Å². The highest BCUT2D eigenvalue weighted by Gasteiger charge is 2.48. The van der Waals surface area contributed by atoms with E-state index in [0.29, 0.717) is 11.5 Å². The van der Waals surface area contributed by atoms with E-state index in [1.165, 1.54) is 45.6 Å². The zero-order chi connectivity index (χ0) is 13.3. The van der Waals surface area contributed by atoms with Crippen LogP contribution in [0.3, 0.4) is 0 Å². The van der Waals surface area contributed by atoms with E-state index in [0.717, 1.165) is 32.0 Å². The van der Waals surface area contributed by atoms with E-state index in [-0.39, 0.29) is 6.09 Å². The number of methoxy groups -OCH3 is 1. The third kappa shape index (κ3) is 2.47. The fraction of sp³-hybridized carbons (Fsp3) is 0.933. The van der Waals surface area contributed by atoms with E-state index in [1.54, 1.807) is 0 Å². The molecule has 0 aromatic carbocycles. The number of hydrogen-bond acceptors (Lipinski definition) is 3. The van der Waals surface area contributed by atoms with Crippen LogP contribution < -0.4 is 5.32 Å². The second kappa shape index (κ2) is 5.31. The third-order valence-corrected chi connectivity index (χ3v) is 5.63. The molecule has 4 heteroatoms. The summed E-state index contributed by atoms with van der Waals surface area (Å²) in [4.78, 5) is 13.3. The Morgan fingerprint density at radius 3 is 2.37 bits per heavy atom. The van der Waals surface area contributed by atoms with Crippen molar-refractivity contribution in [2.24, 2.45) is 5.41 Å². The van der Waals surface area contributed by atoms with Crippen molar-refractivity contribution in [3.8, 4) is 0 Å². The molecule has 0 radical (unpaired) electrons. The van der Waals surface area contributed by atoms with Gasteiger partial charge in [-0.2, -0.15) is 0 Å². The van der Waals surface area contributed by atoms with Gasteiger partial charge in [0.1, 0.15) is 0 Å². The summed E-state index contributed by atoms with van der Waals surface area (Å²) < 4.78 is 4.78. The lowest BCUT2D eigenvalue weighted by molar-refractivity contribution is 0.0518. The van der Waals surface area contributed by atoms with E-state index in [4.69, 9.17) is 4.74 Å². The smallest absolute Gasteiger partial charge is 0.409 e. The van der Waals surface area contributed by atoms with Crippen LogP contribution in [0.5, 0.6) is 0 Å². The van der Waals surface area contributed by atoms with Crippen LogP contribution in [0.4, 0.5) is 4.79 Å². The highest BCUT2D eigenvalue weighted by molar-refractivity contribution is 5.67. The number of carbonyl (C=O) groups is 1. The monoisotopic (exact) mass is 266 g/mol. The highest BCUT2D eigenvalue weighted by atomic mass is 16.5. The Morgan fingerprint density at radius 1 is 1.16 bits per heavy atom. The average Bonchev–Trinajstić information content (AvgIpc) is 2.95.